The highest BCUT2D eigenvalue weighted by Gasteiger charge is 2.22. The zero-order chi connectivity index (χ0) is 13.8. The Kier molecular flexibility index (Phi) is 4.77. The van der Waals surface area contributed by atoms with E-state index in [1.807, 2.05) is 12.1 Å². The van der Waals surface area contributed by atoms with Gasteiger partial charge in [0.2, 0.25) is 0 Å². The predicted octanol–water partition coefficient (Wildman–Crippen LogP) is 2.33. The molecule has 0 atom stereocenters. The molecule has 1 rings (SSSR count). The number of aliphatic hydroxyl groups is 1. The summed E-state index contributed by atoms with van der Waals surface area (Å²) >= 11 is 0. The molecule has 18 heavy (non-hydrogen) atoms. The van der Waals surface area contributed by atoms with Gasteiger partial charge in [0.15, 0.2) is 0 Å². The summed E-state index contributed by atoms with van der Waals surface area (Å²) in [5, 5.41) is 13.0. The number of benzene rings is 1. The first-order chi connectivity index (χ1) is 8.24. The molecule has 0 aliphatic rings. The minimum Gasteiger partial charge on any atom is -0.497 e. The van der Waals surface area contributed by atoms with Crippen LogP contribution in [-0.2, 0) is 5.41 Å². The fourth-order valence-electron chi connectivity index (χ4n) is 1.83. The second kappa shape index (κ2) is 5.72. The molecule has 2 N–H and O–H groups in total. The molecule has 102 valence electrons. The number of ether oxygens (including phenoxy) is 1. The van der Waals surface area contributed by atoms with Gasteiger partial charge in [-0.25, -0.2) is 0 Å². The first-order valence-corrected chi connectivity index (χ1v) is 6.32. The second-order valence-corrected chi connectivity index (χ2v) is 6.03. The van der Waals surface area contributed by atoms with E-state index in [1.54, 1.807) is 21.0 Å². The smallest absolute Gasteiger partial charge is 0.119 e. The SMILES string of the molecule is COc1cccc(C(C)(C)CNCC(C)(C)O)c1. The van der Waals surface area contributed by atoms with E-state index in [1.165, 1.54) is 5.56 Å². The Bertz CT molecular complexity index is 380. The van der Waals surface area contributed by atoms with Crippen molar-refractivity contribution in [1.29, 1.82) is 0 Å². The molecule has 1 aromatic carbocycles. The Hall–Kier alpha value is -1.06. The Morgan fingerprint density at radius 1 is 1.17 bits per heavy atom. The van der Waals surface area contributed by atoms with E-state index in [0.717, 1.165) is 12.3 Å². The van der Waals surface area contributed by atoms with E-state index in [-0.39, 0.29) is 5.41 Å². The van der Waals surface area contributed by atoms with Crippen molar-refractivity contribution in [1.82, 2.24) is 5.32 Å². The lowest BCUT2D eigenvalue weighted by molar-refractivity contribution is 0.0785. The number of hydrogen-bond donors (Lipinski definition) is 2. The average molecular weight is 251 g/mol. The highest BCUT2D eigenvalue weighted by atomic mass is 16.5. The Morgan fingerprint density at radius 3 is 2.39 bits per heavy atom. The molecule has 0 spiro atoms. The fourth-order valence-corrected chi connectivity index (χ4v) is 1.83. The highest BCUT2D eigenvalue weighted by molar-refractivity contribution is 5.33. The molecule has 0 bridgehead atoms. The molecule has 0 saturated carbocycles. The van der Waals surface area contributed by atoms with Gasteiger partial charge in [-0.3, -0.25) is 0 Å². The van der Waals surface area contributed by atoms with E-state index in [0.29, 0.717) is 6.54 Å². The van der Waals surface area contributed by atoms with Gasteiger partial charge in [-0.1, -0.05) is 26.0 Å². The fraction of sp³-hybridized carbons (Fsp3) is 0.600. The van der Waals surface area contributed by atoms with Crippen LogP contribution in [-0.4, -0.2) is 30.9 Å². The van der Waals surface area contributed by atoms with Gasteiger partial charge in [0, 0.05) is 18.5 Å². The maximum Gasteiger partial charge on any atom is 0.119 e. The third-order valence-corrected chi connectivity index (χ3v) is 2.98. The van der Waals surface area contributed by atoms with E-state index in [2.05, 4.69) is 31.3 Å². The zero-order valence-corrected chi connectivity index (χ0v) is 12.1. The van der Waals surface area contributed by atoms with Crippen LogP contribution in [0.3, 0.4) is 0 Å². The standard InChI is InChI=1S/C15H25NO2/c1-14(2,10-16-11-15(3,4)17)12-7-6-8-13(9-12)18-5/h6-9,16-17H,10-11H2,1-5H3. The molecule has 0 unspecified atom stereocenters. The summed E-state index contributed by atoms with van der Waals surface area (Å²) in [6.45, 7) is 9.36. The average Bonchev–Trinajstić information content (AvgIpc) is 2.27. The van der Waals surface area contributed by atoms with Crippen molar-refractivity contribution < 1.29 is 9.84 Å². The molecule has 0 aliphatic heterocycles. The van der Waals surface area contributed by atoms with Crippen LogP contribution in [0.1, 0.15) is 33.3 Å². The van der Waals surface area contributed by atoms with Crippen LogP contribution in [0.25, 0.3) is 0 Å². The van der Waals surface area contributed by atoms with Gasteiger partial charge < -0.3 is 15.2 Å². The van der Waals surface area contributed by atoms with Crippen molar-refractivity contribution >= 4 is 0 Å². The number of hydrogen-bond acceptors (Lipinski definition) is 3. The molecule has 0 aliphatic carbocycles. The van der Waals surface area contributed by atoms with Crippen molar-refractivity contribution in [3.05, 3.63) is 29.8 Å². The first kappa shape index (κ1) is 15.0. The van der Waals surface area contributed by atoms with E-state index in [9.17, 15) is 5.11 Å². The first-order valence-electron chi connectivity index (χ1n) is 6.32. The Balaban J connectivity index is 2.67. The van der Waals surface area contributed by atoms with Crippen LogP contribution >= 0.6 is 0 Å². The molecule has 0 saturated heterocycles. The van der Waals surface area contributed by atoms with Gasteiger partial charge in [0.25, 0.3) is 0 Å². The summed E-state index contributed by atoms with van der Waals surface area (Å²) in [7, 11) is 1.68. The predicted molar refractivity (Wildman–Crippen MR) is 75.2 cm³/mol. The molecule has 3 heteroatoms. The van der Waals surface area contributed by atoms with Crippen LogP contribution in [0, 0.1) is 0 Å². The van der Waals surface area contributed by atoms with E-state index < -0.39 is 5.60 Å². The van der Waals surface area contributed by atoms with Crippen LogP contribution in [0.5, 0.6) is 5.75 Å². The molecule has 0 aromatic heterocycles. The lowest BCUT2D eigenvalue weighted by Gasteiger charge is -2.28. The molecular formula is C15H25NO2. The summed E-state index contributed by atoms with van der Waals surface area (Å²) in [4.78, 5) is 0. The van der Waals surface area contributed by atoms with E-state index >= 15 is 0 Å². The van der Waals surface area contributed by atoms with Crippen LogP contribution in [0.2, 0.25) is 0 Å². The summed E-state index contributed by atoms with van der Waals surface area (Å²) in [5.74, 6) is 0.878. The maximum atomic E-state index is 9.68. The summed E-state index contributed by atoms with van der Waals surface area (Å²) in [6.07, 6.45) is 0. The quantitative estimate of drug-likeness (QED) is 0.815. The topological polar surface area (TPSA) is 41.5 Å². The molecular weight excluding hydrogens is 226 g/mol. The minimum absolute atomic E-state index is 0.000208. The van der Waals surface area contributed by atoms with Gasteiger partial charge in [-0.2, -0.15) is 0 Å². The van der Waals surface area contributed by atoms with Gasteiger partial charge in [-0.05, 0) is 31.5 Å². The van der Waals surface area contributed by atoms with Crippen LogP contribution < -0.4 is 10.1 Å². The summed E-state index contributed by atoms with van der Waals surface area (Å²) in [6, 6.07) is 8.12. The summed E-state index contributed by atoms with van der Waals surface area (Å²) < 4.78 is 5.25. The van der Waals surface area contributed by atoms with Crippen LogP contribution in [0.15, 0.2) is 24.3 Å². The Labute approximate surface area is 110 Å². The Morgan fingerprint density at radius 2 is 1.83 bits per heavy atom. The number of rotatable bonds is 6. The van der Waals surface area contributed by atoms with Crippen molar-refractivity contribution in [3.8, 4) is 5.75 Å². The molecule has 3 nitrogen and oxygen atoms in total. The molecule has 0 heterocycles. The lowest BCUT2D eigenvalue weighted by atomic mass is 9.84. The molecule has 0 amide bonds. The van der Waals surface area contributed by atoms with Crippen molar-refractivity contribution in [2.24, 2.45) is 0 Å². The lowest BCUT2D eigenvalue weighted by Crippen LogP contribution is -2.41. The zero-order valence-electron chi connectivity index (χ0n) is 12.1. The second-order valence-electron chi connectivity index (χ2n) is 6.03. The van der Waals surface area contributed by atoms with Crippen molar-refractivity contribution in [2.75, 3.05) is 20.2 Å². The summed E-state index contributed by atoms with van der Waals surface area (Å²) in [5.41, 5.74) is 0.551. The largest absolute Gasteiger partial charge is 0.497 e. The normalized spacial score (nSPS) is 12.6. The van der Waals surface area contributed by atoms with Gasteiger partial charge in [0.05, 0.1) is 12.7 Å². The maximum absolute atomic E-state index is 9.68. The van der Waals surface area contributed by atoms with Crippen LogP contribution in [0.4, 0.5) is 0 Å². The molecule has 0 radical (unpaired) electrons. The van der Waals surface area contributed by atoms with Crippen molar-refractivity contribution in [2.45, 2.75) is 38.7 Å². The monoisotopic (exact) mass is 251 g/mol. The van der Waals surface area contributed by atoms with Crippen molar-refractivity contribution in [3.63, 3.8) is 0 Å². The number of nitrogens with one attached hydrogen (secondary N) is 1. The third kappa shape index (κ3) is 4.67. The van der Waals surface area contributed by atoms with Gasteiger partial charge in [-0.15, -0.1) is 0 Å². The van der Waals surface area contributed by atoms with Gasteiger partial charge >= 0.3 is 0 Å². The highest BCUT2D eigenvalue weighted by Crippen LogP contribution is 2.25. The number of methoxy groups -OCH3 is 1. The minimum atomic E-state index is -0.676. The third-order valence-electron chi connectivity index (χ3n) is 2.98. The molecule has 1 aromatic rings. The van der Waals surface area contributed by atoms with E-state index in [4.69, 9.17) is 4.74 Å². The molecule has 0 fully saturated rings. The van der Waals surface area contributed by atoms with Gasteiger partial charge in [0.1, 0.15) is 5.75 Å².